The number of primary amides is 1. The Morgan fingerprint density at radius 3 is 2.00 bits per heavy atom. The largest absolute Gasteiger partial charge is 0.365 e. The second kappa shape index (κ2) is 3.19. The zero-order chi connectivity index (χ0) is 8.36. The summed E-state index contributed by atoms with van der Waals surface area (Å²) < 4.78 is 0.444. The van der Waals surface area contributed by atoms with E-state index in [1.807, 2.05) is 20.8 Å². The smallest absolute Gasteiger partial charge is 0.255 e. The Kier molecular flexibility index (Phi) is 3.09. The molecule has 0 radical (unpaired) electrons. The maximum absolute atomic E-state index is 10.5. The van der Waals surface area contributed by atoms with Gasteiger partial charge in [0.15, 0.2) is 0 Å². The van der Waals surface area contributed by atoms with Crippen molar-refractivity contribution in [3.63, 3.8) is 0 Å². The van der Waals surface area contributed by atoms with Crippen molar-refractivity contribution in [1.29, 1.82) is 0 Å². The Hall–Kier alpha value is -0.310. The van der Waals surface area contributed by atoms with E-state index < -0.39 is 5.91 Å². The number of allylic oxidation sites excluding steroid dienone is 1. The van der Waals surface area contributed by atoms with Crippen molar-refractivity contribution in [1.82, 2.24) is 0 Å². The van der Waals surface area contributed by atoms with Crippen LogP contribution in [0.1, 0.15) is 20.8 Å². The zero-order valence-electron chi connectivity index (χ0n) is 6.44. The van der Waals surface area contributed by atoms with E-state index in [-0.39, 0.29) is 5.41 Å². The second-order valence-electron chi connectivity index (χ2n) is 3.22. The van der Waals surface area contributed by atoms with Gasteiger partial charge in [-0.2, -0.15) is 0 Å². The number of nitrogens with two attached hydrogens (primary N) is 1. The van der Waals surface area contributed by atoms with Crippen LogP contribution in [0.25, 0.3) is 0 Å². The molecule has 2 nitrogen and oxygen atoms in total. The van der Waals surface area contributed by atoms with Crippen LogP contribution >= 0.6 is 15.9 Å². The summed E-state index contributed by atoms with van der Waals surface area (Å²) in [6.45, 7) is 5.99. The summed E-state index contributed by atoms with van der Waals surface area (Å²) in [6, 6.07) is 0. The van der Waals surface area contributed by atoms with Gasteiger partial charge in [-0.05, 0) is 21.3 Å². The van der Waals surface area contributed by atoms with Gasteiger partial charge in [-0.1, -0.05) is 26.8 Å². The van der Waals surface area contributed by atoms with Crippen LogP contribution in [0.3, 0.4) is 0 Å². The monoisotopic (exact) mass is 205 g/mol. The molecule has 0 aromatic rings. The molecule has 10 heavy (non-hydrogen) atoms. The van der Waals surface area contributed by atoms with Crippen molar-refractivity contribution in [2.24, 2.45) is 11.1 Å². The van der Waals surface area contributed by atoms with E-state index >= 15 is 0 Å². The highest BCUT2D eigenvalue weighted by Gasteiger charge is 2.09. The fraction of sp³-hybridized carbons (Fsp3) is 0.571. The molecule has 0 aromatic heterocycles. The molecule has 0 saturated heterocycles. The number of carbonyl (C=O) groups excluding carboxylic acids is 1. The van der Waals surface area contributed by atoms with E-state index in [9.17, 15) is 4.79 Å². The van der Waals surface area contributed by atoms with Gasteiger partial charge in [0.1, 0.15) is 0 Å². The Bertz CT molecular complexity index is 167. The Morgan fingerprint density at radius 1 is 1.50 bits per heavy atom. The first-order chi connectivity index (χ1) is 4.33. The molecular formula is C7H12BrNO. The lowest BCUT2D eigenvalue weighted by atomic mass is 9.96. The highest BCUT2D eigenvalue weighted by atomic mass is 79.9. The summed E-state index contributed by atoms with van der Waals surface area (Å²) in [4.78, 5) is 10.5. The van der Waals surface area contributed by atoms with Gasteiger partial charge in [0, 0.05) is 0 Å². The van der Waals surface area contributed by atoms with Crippen LogP contribution in [0, 0.1) is 5.41 Å². The number of amides is 1. The lowest BCUT2D eigenvalue weighted by Crippen LogP contribution is -2.12. The molecule has 2 N–H and O–H groups in total. The number of hydrogen-bond donors (Lipinski definition) is 1. The summed E-state index contributed by atoms with van der Waals surface area (Å²) in [5.74, 6) is -0.421. The third-order valence-corrected chi connectivity index (χ3v) is 1.41. The van der Waals surface area contributed by atoms with Crippen molar-refractivity contribution < 1.29 is 4.79 Å². The third-order valence-electron chi connectivity index (χ3n) is 0.795. The molecule has 0 aromatic carbocycles. The molecule has 0 heterocycles. The minimum absolute atomic E-state index is 0.00609. The first kappa shape index (κ1) is 9.69. The second-order valence-corrected chi connectivity index (χ2v) is 4.08. The van der Waals surface area contributed by atoms with Crippen molar-refractivity contribution in [2.75, 3.05) is 0 Å². The molecule has 0 bridgehead atoms. The molecular weight excluding hydrogens is 194 g/mol. The maximum atomic E-state index is 10.5. The van der Waals surface area contributed by atoms with Gasteiger partial charge in [0.25, 0.3) is 5.91 Å². The van der Waals surface area contributed by atoms with E-state index in [0.717, 1.165) is 0 Å². The van der Waals surface area contributed by atoms with Crippen LogP contribution in [0.4, 0.5) is 0 Å². The number of carbonyl (C=O) groups is 1. The fourth-order valence-electron chi connectivity index (χ4n) is 0.451. The lowest BCUT2D eigenvalue weighted by Gasteiger charge is -2.11. The normalized spacial score (nSPS) is 13.4. The Labute approximate surface area is 69.6 Å². The van der Waals surface area contributed by atoms with Crippen LogP contribution in [-0.4, -0.2) is 5.91 Å². The summed E-state index contributed by atoms with van der Waals surface area (Å²) in [5.41, 5.74) is 4.98. The molecule has 3 heteroatoms. The molecule has 0 unspecified atom stereocenters. The highest BCUT2D eigenvalue weighted by Crippen LogP contribution is 2.19. The summed E-state index contributed by atoms with van der Waals surface area (Å²) in [6.07, 6.45) is 1.79. The van der Waals surface area contributed by atoms with Gasteiger partial charge in [-0.25, -0.2) is 0 Å². The van der Waals surface area contributed by atoms with E-state index in [1.54, 1.807) is 6.08 Å². The number of hydrogen-bond acceptors (Lipinski definition) is 1. The predicted octanol–water partition coefficient (Wildman–Crippen LogP) is 1.80. The van der Waals surface area contributed by atoms with E-state index in [0.29, 0.717) is 4.48 Å². The number of halogens is 1. The molecule has 58 valence electrons. The van der Waals surface area contributed by atoms with Crippen molar-refractivity contribution >= 4 is 21.8 Å². The van der Waals surface area contributed by atoms with E-state index in [1.165, 1.54) is 0 Å². The average Bonchev–Trinajstić information content (AvgIpc) is 1.60. The molecule has 0 aliphatic carbocycles. The molecule has 0 aliphatic heterocycles. The standard InChI is InChI=1S/C7H12BrNO/c1-7(2,3)4-5(8)6(9)10/h4H,1-3H3,(H2,9,10). The van der Waals surface area contributed by atoms with Crippen LogP contribution < -0.4 is 5.73 Å². The van der Waals surface area contributed by atoms with E-state index in [4.69, 9.17) is 5.73 Å². The Balaban J connectivity index is 4.32. The van der Waals surface area contributed by atoms with Gasteiger partial charge < -0.3 is 5.73 Å². The van der Waals surface area contributed by atoms with Crippen LogP contribution in [0.5, 0.6) is 0 Å². The van der Waals surface area contributed by atoms with Gasteiger partial charge >= 0.3 is 0 Å². The zero-order valence-corrected chi connectivity index (χ0v) is 8.03. The Morgan fingerprint density at radius 2 is 1.90 bits per heavy atom. The van der Waals surface area contributed by atoms with Crippen molar-refractivity contribution in [3.8, 4) is 0 Å². The molecule has 0 atom stereocenters. The van der Waals surface area contributed by atoms with E-state index in [2.05, 4.69) is 15.9 Å². The minimum atomic E-state index is -0.421. The lowest BCUT2D eigenvalue weighted by molar-refractivity contribution is -0.113. The van der Waals surface area contributed by atoms with Crippen LogP contribution in [-0.2, 0) is 4.79 Å². The highest BCUT2D eigenvalue weighted by molar-refractivity contribution is 9.12. The minimum Gasteiger partial charge on any atom is -0.365 e. The fourth-order valence-corrected chi connectivity index (χ4v) is 1.14. The first-order valence-corrected chi connectivity index (χ1v) is 3.80. The molecule has 0 saturated carbocycles. The van der Waals surface area contributed by atoms with Crippen molar-refractivity contribution in [2.45, 2.75) is 20.8 Å². The first-order valence-electron chi connectivity index (χ1n) is 3.01. The molecule has 0 rings (SSSR count). The summed E-state index contributed by atoms with van der Waals surface area (Å²) in [5, 5.41) is 0. The number of rotatable bonds is 1. The molecule has 1 amide bonds. The van der Waals surface area contributed by atoms with Gasteiger partial charge in [-0.3, -0.25) is 4.79 Å². The SMILES string of the molecule is CC(C)(C)C=C(Br)C(N)=O. The predicted molar refractivity (Wildman–Crippen MR) is 45.7 cm³/mol. The van der Waals surface area contributed by atoms with Crippen molar-refractivity contribution in [3.05, 3.63) is 10.6 Å². The quantitative estimate of drug-likeness (QED) is 0.653. The van der Waals surface area contributed by atoms with Gasteiger partial charge in [0.05, 0.1) is 4.48 Å². The summed E-state index contributed by atoms with van der Waals surface area (Å²) >= 11 is 3.06. The molecule has 0 aliphatic rings. The third kappa shape index (κ3) is 4.56. The molecule has 0 spiro atoms. The summed E-state index contributed by atoms with van der Waals surface area (Å²) in [7, 11) is 0. The van der Waals surface area contributed by atoms with Crippen LogP contribution in [0.15, 0.2) is 10.6 Å². The topological polar surface area (TPSA) is 43.1 Å². The van der Waals surface area contributed by atoms with Gasteiger partial charge in [0.2, 0.25) is 0 Å². The molecule has 0 fully saturated rings. The van der Waals surface area contributed by atoms with Gasteiger partial charge in [-0.15, -0.1) is 0 Å². The maximum Gasteiger partial charge on any atom is 0.255 e. The average molecular weight is 206 g/mol. The van der Waals surface area contributed by atoms with Crippen LogP contribution in [0.2, 0.25) is 0 Å².